The van der Waals surface area contributed by atoms with E-state index >= 15 is 0 Å². The molecule has 3 rings (SSSR count). The maximum atomic E-state index is 13.6. The number of H-pyrrole nitrogens is 1. The molecule has 0 aliphatic heterocycles. The van der Waals surface area contributed by atoms with Gasteiger partial charge in [-0.25, -0.2) is 0 Å². The van der Waals surface area contributed by atoms with E-state index in [0.29, 0.717) is 39.3 Å². The van der Waals surface area contributed by atoms with E-state index in [0.717, 1.165) is 42.5 Å². The molecule has 1 heterocycles. The molecule has 1 aromatic heterocycles. The smallest absolute Gasteiger partial charge is 0.242 e. The molecule has 3 aromatic rings. The number of benzene rings is 2. The Morgan fingerprint density at radius 3 is 2.43 bits per heavy atom. The lowest BCUT2D eigenvalue weighted by Crippen LogP contribution is -2.44. The number of nitrogens with zero attached hydrogens (tertiary/aromatic N) is 2. The quantitative estimate of drug-likeness (QED) is 0.271. The van der Waals surface area contributed by atoms with Crippen molar-refractivity contribution >= 4 is 22.7 Å². The number of hydrogen-bond acceptors (Lipinski definition) is 4. The SMILES string of the molecule is CCCCCC(=O)N(CCOC)CC(=O)N(CCc1c[nH]c2ccccc12)Cc1ccc(OCC)cc1. The van der Waals surface area contributed by atoms with Crippen molar-refractivity contribution in [3.05, 3.63) is 65.9 Å². The van der Waals surface area contributed by atoms with Gasteiger partial charge >= 0.3 is 0 Å². The number of methoxy groups -OCH3 is 1. The number of carbonyl (C=O) groups excluding carboxylic acids is 2. The summed E-state index contributed by atoms with van der Waals surface area (Å²) >= 11 is 0. The van der Waals surface area contributed by atoms with Crippen molar-refractivity contribution in [2.24, 2.45) is 0 Å². The molecule has 0 saturated heterocycles. The fourth-order valence-corrected chi connectivity index (χ4v) is 4.40. The molecule has 1 N–H and O–H groups in total. The number of aromatic amines is 1. The molecule has 0 aliphatic carbocycles. The maximum Gasteiger partial charge on any atom is 0.242 e. The Bertz CT molecular complexity index is 1110. The first-order valence-corrected chi connectivity index (χ1v) is 13.4. The zero-order chi connectivity index (χ0) is 26.5. The van der Waals surface area contributed by atoms with Crippen molar-refractivity contribution in [1.82, 2.24) is 14.8 Å². The summed E-state index contributed by atoms with van der Waals surface area (Å²) < 4.78 is 10.8. The topological polar surface area (TPSA) is 74.9 Å². The van der Waals surface area contributed by atoms with Gasteiger partial charge in [-0.05, 0) is 49.1 Å². The Morgan fingerprint density at radius 1 is 0.919 bits per heavy atom. The van der Waals surface area contributed by atoms with Crippen LogP contribution in [0.1, 0.15) is 50.7 Å². The Hall–Kier alpha value is -3.32. The van der Waals surface area contributed by atoms with Gasteiger partial charge in [0.1, 0.15) is 5.75 Å². The number of ether oxygens (including phenoxy) is 2. The Balaban J connectivity index is 1.75. The van der Waals surface area contributed by atoms with Crippen molar-refractivity contribution in [2.45, 2.75) is 52.5 Å². The third-order valence-electron chi connectivity index (χ3n) is 6.52. The predicted molar refractivity (Wildman–Crippen MR) is 148 cm³/mol. The average molecular weight is 508 g/mol. The van der Waals surface area contributed by atoms with Crippen LogP contribution in [0.3, 0.4) is 0 Å². The van der Waals surface area contributed by atoms with Gasteiger partial charge in [0.05, 0.1) is 19.8 Å². The second kappa shape index (κ2) is 15.1. The van der Waals surface area contributed by atoms with Crippen LogP contribution in [0, 0.1) is 0 Å². The Kier molecular flexibility index (Phi) is 11.5. The van der Waals surface area contributed by atoms with Crippen LogP contribution in [-0.2, 0) is 27.3 Å². The van der Waals surface area contributed by atoms with Crippen LogP contribution < -0.4 is 4.74 Å². The summed E-state index contributed by atoms with van der Waals surface area (Å²) in [5, 5.41) is 1.17. The van der Waals surface area contributed by atoms with E-state index in [1.165, 1.54) is 10.9 Å². The molecule has 2 amide bonds. The molecule has 0 spiro atoms. The Labute approximate surface area is 220 Å². The summed E-state index contributed by atoms with van der Waals surface area (Å²) in [5.74, 6) is 0.761. The van der Waals surface area contributed by atoms with Gasteiger partial charge in [-0.1, -0.05) is 50.1 Å². The lowest BCUT2D eigenvalue weighted by Gasteiger charge is -2.28. The van der Waals surface area contributed by atoms with Crippen molar-refractivity contribution < 1.29 is 19.1 Å². The van der Waals surface area contributed by atoms with Crippen molar-refractivity contribution in [3.63, 3.8) is 0 Å². The highest BCUT2D eigenvalue weighted by molar-refractivity contribution is 5.85. The number of para-hydroxylation sites is 1. The van der Waals surface area contributed by atoms with E-state index in [4.69, 9.17) is 9.47 Å². The summed E-state index contributed by atoms with van der Waals surface area (Å²) in [4.78, 5) is 33.3. The van der Waals surface area contributed by atoms with Gasteiger partial charge in [0.2, 0.25) is 11.8 Å². The highest BCUT2D eigenvalue weighted by atomic mass is 16.5. The number of unbranched alkanes of at least 4 members (excludes halogenated alkanes) is 2. The Morgan fingerprint density at radius 2 is 1.70 bits per heavy atom. The molecule has 200 valence electrons. The van der Waals surface area contributed by atoms with Crippen molar-refractivity contribution in [2.75, 3.05) is 40.0 Å². The molecule has 0 atom stereocenters. The zero-order valence-electron chi connectivity index (χ0n) is 22.5. The van der Waals surface area contributed by atoms with Gasteiger partial charge in [-0.2, -0.15) is 0 Å². The van der Waals surface area contributed by atoms with Crippen LogP contribution in [0.5, 0.6) is 5.75 Å². The lowest BCUT2D eigenvalue weighted by atomic mass is 10.1. The van der Waals surface area contributed by atoms with Crippen LogP contribution in [0.25, 0.3) is 10.9 Å². The van der Waals surface area contributed by atoms with E-state index < -0.39 is 0 Å². The molecular formula is C30H41N3O4. The normalized spacial score (nSPS) is 11.0. The zero-order valence-corrected chi connectivity index (χ0v) is 22.5. The fourth-order valence-electron chi connectivity index (χ4n) is 4.40. The summed E-state index contributed by atoms with van der Waals surface area (Å²) in [7, 11) is 1.61. The molecule has 0 aliphatic rings. The fraction of sp³-hybridized carbons (Fsp3) is 0.467. The molecule has 0 fully saturated rings. The third-order valence-corrected chi connectivity index (χ3v) is 6.52. The number of carbonyl (C=O) groups is 2. The van der Waals surface area contributed by atoms with Crippen molar-refractivity contribution in [1.29, 1.82) is 0 Å². The molecule has 7 nitrogen and oxygen atoms in total. The number of nitrogens with one attached hydrogen (secondary N) is 1. The van der Waals surface area contributed by atoms with Gasteiger partial charge in [0.25, 0.3) is 0 Å². The first-order chi connectivity index (χ1) is 18.0. The average Bonchev–Trinajstić information content (AvgIpc) is 3.33. The molecule has 7 heteroatoms. The second-order valence-electron chi connectivity index (χ2n) is 9.27. The molecule has 37 heavy (non-hydrogen) atoms. The van der Waals surface area contributed by atoms with Gasteiger partial charge in [0.15, 0.2) is 0 Å². The molecular weight excluding hydrogens is 466 g/mol. The van der Waals surface area contributed by atoms with E-state index in [2.05, 4.69) is 24.0 Å². The van der Waals surface area contributed by atoms with E-state index in [9.17, 15) is 9.59 Å². The molecule has 0 bridgehead atoms. The lowest BCUT2D eigenvalue weighted by molar-refractivity contribution is -0.141. The van der Waals surface area contributed by atoms with Crippen LogP contribution in [0.15, 0.2) is 54.7 Å². The first kappa shape index (κ1) is 28.3. The minimum atomic E-state index is -0.0614. The number of amides is 2. The summed E-state index contributed by atoms with van der Waals surface area (Å²) in [6, 6.07) is 16.1. The third kappa shape index (κ3) is 8.64. The predicted octanol–water partition coefficient (Wildman–Crippen LogP) is 5.19. The summed E-state index contributed by atoms with van der Waals surface area (Å²) in [6.45, 7) is 6.57. The number of aromatic nitrogens is 1. The van der Waals surface area contributed by atoms with Gasteiger partial charge in [0, 0.05) is 50.3 Å². The van der Waals surface area contributed by atoms with E-state index in [1.807, 2.05) is 54.4 Å². The summed E-state index contributed by atoms with van der Waals surface area (Å²) in [6.07, 6.45) is 6.09. The molecule has 0 saturated carbocycles. The second-order valence-corrected chi connectivity index (χ2v) is 9.27. The number of rotatable bonds is 16. The van der Waals surface area contributed by atoms with Crippen LogP contribution in [-0.4, -0.2) is 66.6 Å². The highest BCUT2D eigenvalue weighted by Gasteiger charge is 2.22. The van der Waals surface area contributed by atoms with Crippen LogP contribution >= 0.6 is 0 Å². The molecule has 0 unspecified atom stereocenters. The largest absolute Gasteiger partial charge is 0.494 e. The number of fused-ring (bicyclic) bond motifs is 1. The monoisotopic (exact) mass is 507 g/mol. The van der Waals surface area contributed by atoms with Gasteiger partial charge < -0.3 is 24.3 Å². The maximum absolute atomic E-state index is 13.6. The summed E-state index contributed by atoms with van der Waals surface area (Å²) in [5.41, 5.74) is 3.28. The van der Waals surface area contributed by atoms with E-state index in [-0.39, 0.29) is 18.4 Å². The van der Waals surface area contributed by atoms with E-state index in [1.54, 1.807) is 12.0 Å². The number of hydrogen-bond donors (Lipinski definition) is 1. The molecule has 0 radical (unpaired) electrons. The minimum Gasteiger partial charge on any atom is -0.494 e. The van der Waals surface area contributed by atoms with Crippen LogP contribution in [0.4, 0.5) is 0 Å². The van der Waals surface area contributed by atoms with Gasteiger partial charge in [-0.15, -0.1) is 0 Å². The van der Waals surface area contributed by atoms with Crippen LogP contribution in [0.2, 0.25) is 0 Å². The first-order valence-electron chi connectivity index (χ1n) is 13.4. The standard InChI is InChI=1S/C30H41N3O4/c1-4-6-7-12-29(34)33(19-20-36-3)23-30(35)32(22-24-13-15-26(16-14-24)37-5-2)18-17-25-21-31-28-11-9-8-10-27(25)28/h8-11,13-16,21,31H,4-7,12,17-20,22-23H2,1-3H3. The highest BCUT2D eigenvalue weighted by Crippen LogP contribution is 2.20. The van der Waals surface area contributed by atoms with Gasteiger partial charge in [-0.3, -0.25) is 9.59 Å². The van der Waals surface area contributed by atoms with Crippen molar-refractivity contribution in [3.8, 4) is 5.75 Å². The molecule has 2 aromatic carbocycles. The minimum absolute atomic E-state index is 0.0106.